The predicted molar refractivity (Wildman–Crippen MR) is 74.9 cm³/mol. The molecule has 0 amide bonds. The van der Waals surface area contributed by atoms with Crippen molar-refractivity contribution in [3.05, 3.63) is 11.4 Å². The number of halogens is 1. The number of guanidine groups is 1. The fraction of sp³-hybridized carbons (Fsp3) is 0.667. The minimum absolute atomic E-state index is 0. The molecule has 0 unspecified atom stereocenters. The van der Waals surface area contributed by atoms with E-state index in [-0.39, 0.29) is 24.0 Å². The van der Waals surface area contributed by atoms with Gasteiger partial charge in [0.25, 0.3) is 0 Å². The van der Waals surface area contributed by atoms with Gasteiger partial charge in [0.05, 0.1) is 18.8 Å². The van der Waals surface area contributed by atoms with Gasteiger partial charge in [-0.05, 0) is 13.8 Å². The molecular formula is C9H19IN6. The number of aliphatic imine (C=N–C) groups is 1. The molecule has 0 radical (unpaired) electrons. The molecule has 0 aliphatic carbocycles. The first kappa shape index (κ1) is 15.1. The van der Waals surface area contributed by atoms with E-state index in [0.717, 1.165) is 17.9 Å². The highest BCUT2D eigenvalue weighted by molar-refractivity contribution is 14.0. The van der Waals surface area contributed by atoms with Crippen molar-refractivity contribution in [1.29, 1.82) is 0 Å². The summed E-state index contributed by atoms with van der Waals surface area (Å²) in [6.07, 6.45) is 0. The largest absolute Gasteiger partial charge is 0.370 e. The summed E-state index contributed by atoms with van der Waals surface area (Å²) < 4.78 is 0. The molecule has 1 rings (SSSR count). The highest BCUT2D eigenvalue weighted by atomic mass is 127. The molecular weight excluding hydrogens is 319 g/mol. The van der Waals surface area contributed by atoms with Crippen LogP contribution in [0.5, 0.6) is 0 Å². The van der Waals surface area contributed by atoms with Gasteiger partial charge >= 0.3 is 0 Å². The van der Waals surface area contributed by atoms with E-state index in [1.54, 1.807) is 9.70 Å². The Morgan fingerprint density at radius 3 is 2.50 bits per heavy atom. The Balaban J connectivity index is 0.00000225. The zero-order valence-electron chi connectivity index (χ0n) is 10.1. The number of rotatable bonds is 3. The second kappa shape index (κ2) is 6.66. The van der Waals surface area contributed by atoms with Crippen molar-refractivity contribution in [2.45, 2.75) is 26.9 Å². The molecule has 0 atom stereocenters. The van der Waals surface area contributed by atoms with E-state index in [9.17, 15) is 0 Å². The number of aryl methyl sites for hydroxylation is 2. The lowest BCUT2D eigenvalue weighted by atomic mass is 10.3. The van der Waals surface area contributed by atoms with Crippen LogP contribution in [0, 0.1) is 6.92 Å². The van der Waals surface area contributed by atoms with Gasteiger partial charge in [-0.1, -0.05) is 0 Å². The Labute approximate surface area is 113 Å². The van der Waals surface area contributed by atoms with E-state index in [4.69, 9.17) is 5.73 Å². The molecule has 0 bridgehead atoms. The summed E-state index contributed by atoms with van der Waals surface area (Å²) in [4.78, 5) is 7.63. The van der Waals surface area contributed by atoms with Crippen LogP contribution in [0.2, 0.25) is 0 Å². The first-order valence-electron chi connectivity index (χ1n) is 4.92. The lowest BCUT2D eigenvalue weighted by Crippen LogP contribution is -2.30. The van der Waals surface area contributed by atoms with Gasteiger partial charge in [-0.25, -0.2) is 4.99 Å². The number of nitrogens with zero attached hydrogens (tertiary/aromatic N) is 5. The summed E-state index contributed by atoms with van der Waals surface area (Å²) >= 11 is 0. The summed E-state index contributed by atoms with van der Waals surface area (Å²) in [7, 11) is 3.71. The molecule has 7 heteroatoms. The van der Waals surface area contributed by atoms with Crippen LogP contribution >= 0.6 is 24.0 Å². The maximum atomic E-state index is 5.67. The van der Waals surface area contributed by atoms with E-state index in [0.29, 0.717) is 12.5 Å². The van der Waals surface area contributed by atoms with Gasteiger partial charge in [-0.15, -0.1) is 24.0 Å². The van der Waals surface area contributed by atoms with Crippen molar-refractivity contribution in [2.75, 3.05) is 14.1 Å². The van der Waals surface area contributed by atoms with Crippen LogP contribution in [0.15, 0.2) is 4.99 Å². The van der Waals surface area contributed by atoms with E-state index < -0.39 is 0 Å². The monoisotopic (exact) mass is 338 g/mol. The molecule has 1 aromatic rings. The SMILES string of the molecule is CCn1nc(C)c(CN=C(N)N(C)C)n1.I. The first-order valence-corrected chi connectivity index (χ1v) is 4.92. The average molecular weight is 338 g/mol. The topological polar surface area (TPSA) is 72.3 Å². The third-order valence-corrected chi connectivity index (χ3v) is 2.05. The Morgan fingerprint density at radius 2 is 2.06 bits per heavy atom. The number of aromatic nitrogens is 3. The number of hydrogen-bond donors (Lipinski definition) is 1. The molecule has 0 saturated carbocycles. The van der Waals surface area contributed by atoms with Gasteiger partial charge in [-0.3, -0.25) is 0 Å². The molecule has 0 aliphatic rings. The molecule has 0 fully saturated rings. The van der Waals surface area contributed by atoms with Crippen LogP contribution in [0.25, 0.3) is 0 Å². The van der Waals surface area contributed by atoms with Crippen LogP contribution in [0.3, 0.4) is 0 Å². The summed E-state index contributed by atoms with van der Waals surface area (Å²) in [6.45, 7) is 5.18. The molecule has 92 valence electrons. The maximum absolute atomic E-state index is 5.67. The van der Waals surface area contributed by atoms with E-state index >= 15 is 0 Å². The van der Waals surface area contributed by atoms with E-state index in [2.05, 4.69) is 15.2 Å². The summed E-state index contributed by atoms with van der Waals surface area (Å²) in [5, 5.41) is 8.52. The van der Waals surface area contributed by atoms with E-state index in [1.807, 2.05) is 27.9 Å². The Morgan fingerprint density at radius 1 is 1.44 bits per heavy atom. The third-order valence-electron chi connectivity index (χ3n) is 2.05. The van der Waals surface area contributed by atoms with Gasteiger partial charge in [0, 0.05) is 14.1 Å². The standard InChI is InChI=1S/C9H18N6.HI/c1-5-15-12-7(2)8(13-15)6-11-9(10)14(3)4;/h5-6H2,1-4H3,(H2,10,11);1H. The highest BCUT2D eigenvalue weighted by Crippen LogP contribution is 2.02. The van der Waals surface area contributed by atoms with Gasteiger partial charge in [0.2, 0.25) is 0 Å². The minimum Gasteiger partial charge on any atom is -0.370 e. The second-order valence-electron chi connectivity index (χ2n) is 3.49. The van der Waals surface area contributed by atoms with Crippen molar-refractivity contribution in [2.24, 2.45) is 10.7 Å². The summed E-state index contributed by atoms with van der Waals surface area (Å²) in [6, 6.07) is 0. The van der Waals surface area contributed by atoms with Crippen molar-refractivity contribution in [1.82, 2.24) is 19.9 Å². The molecule has 0 spiro atoms. The van der Waals surface area contributed by atoms with E-state index in [1.165, 1.54) is 0 Å². The molecule has 0 aliphatic heterocycles. The number of nitrogens with two attached hydrogens (primary N) is 1. The molecule has 2 N–H and O–H groups in total. The van der Waals surface area contributed by atoms with Crippen LogP contribution < -0.4 is 5.73 Å². The van der Waals surface area contributed by atoms with Crippen molar-refractivity contribution < 1.29 is 0 Å². The van der Waals surface area contributed by atoms with Gasteiger partial charge in [0.1, 0.15) is 5.69 Å². The van der Waals surface area contributed by atoms with Crippen molar-refractivity contribution in [3.8, 4) is 0 Å². The third kappa shape index (κ3) is 3.95. The predicted octanol–water partition coefficient (Wildman–Crippen LogP) is 0.601. The van der Waals surface area contributed by atoms with Crippen LogP contribution in [0.4, 0.5) is 0 Å². The Bertz CT molecular complexity index is 357. The van der Waals surface area contributed by atoms with Gasteiger partial charge < -0.3 is 10.6 Å². The summed E-state index contributed by atoms with van der Waals surface area (Å²) in [5.41, 5.74) is 7.46. The van der Waals surface area contributed by atoms with Gasteiger partial charge in [0.15, 0.2) is 5.96 Å². The lowest BCUT2D eigenvalue weighted by Gasteiger charge is -2.09. The fourth-order valence-electron chi connectivity index (χ4n) is 1.05. The van der Waals surface area contributed by atoms with Crippen LogP contribution in [0.1, 0.15) is 18.3 Å². The van der Waals surface area contributed by atoms with Gasteiger partial charge in [-0.2, -0.15) is 15.0 Å². The molecule has 16 heavy (non-hydrogen) atoms. The molecule has 0 aromatic carbocycles. The van der Waals surface area contributed by atoms with Crippen LogP contribution in [-0.2, 0) is 13.1 Å². The van der Waals surface area contributed by atoms with Crippen molar-refractivity contribution in [3.63, 3.8) is 0 Å². The summed E-state index contributed by atoms with van der Waals surface area (Å²) in [5.74, 6) is 0.500. The zero-order chi connectivity index (χ0) is 11.4. The first-order chi connectivity index (χ1) is 7.04. The smallest absolute Gasteiger partial charge is 0.191 e. The fourth-order valence-corrected chi connectivity index (χ4v) is 1.05. The average Bonchev–Trinajstić information content (AvgIpc) is 2.55. The maximum Gasteiger partial charge on any atom is 0.191 e. The molecule has 0 saturated heterocycles. The second-order valence-corrected chi connectivity index (χ2v) is 3.49. The quantitative estimate of drug-likeness (QED) is 0.498. The normalized spacial score (nSPS) is 11.1. The van der Waals surface area contributed by atoms with Crippen LogP contribution in [-0.4, -0.2) is 39.9 Å². The minimum atomic E-state index is 0. The van der Waals surface area contributed by atoms with Crippen molar-refractivity contribution >= 4 is 29.9 Å². The number of hydrogen-bond acceptors (Lipinski definition) is 3. The molecule has 1 heterocycles. The Kier molecular flexibility index (Phi) is 6.31. The molecule has 1 aromatic heterocycles. The Hall–Kier alpha value is -0.860. The zero-order valence-corrected chi connectivity index (χ0v) is 12.5. The lowest BCUT2D eigenvalue weighted by molar-refractivity contribution is 0.561. The highest BCUT2D eigenvalue weighted by Gasteiger charge is 2.05. The molecule has 6 nitrogen and oxygen atoms in total.